The first-order valence-corrected chi connectivity index (χ1v) is 3.73. The first-order valence-electron chi connectivity index (χ1n) is 3.73. The maximum absolute atomic E-state index is 8.82. The molecule has 0 spiro atoms. The average Bonchev–Trinajstić information content (AvgIpc) is 2.42. The fraction of sp³-hybridized carbons (Fsp3) is 1.00. The fourth-order valence-corrected chi connectivity index (χ4v) is 1.21. The van der Waals surface area contributed by atoms with Crippen molar-refractivity contribution in [1.29, 1.82) is 0 Å². The van der Waals surface area contributed by atoms with Gasteiger partial charge >= 0.3 is 0 Å². The van der Waals surface area contributed by atoms with Gasteiger partial charge in [-0.05, 0) is 6.42 Å². The normalized spacial score (nSPS) is 35.7. The van der Waals surface area contributed by atoms with E-state index < -0.39 is 0 Å². The Morgan fingerprint density at radius 1 is 1.67 bits per heavy atom. The number of aliphatic hydroxyl groups excluding tert-OH is 1. The van der Waals surface area contributed by atoms with Crippen molar-refractivity contribution < 1.29 is 19.4 Å². The predicted octanol–water partition coefficient (Wildman–Crippen LogP) is -1.50. The van der Waals surface area contributed by atoms with E-state index in [0.717, 1.165) is 0 Å². The first kappa shape index (κ1) is 9.95. The zero-order valence-electron chi connectivity index (χ0n) is 6.68. The van der Waals surface area contributed by atoms with Crippen molar-refractivity contribution in [2.24, 2.45) is 5.90 Å². The van der Waals surface area contributed by atoms with Crippen molar-refractivity contribution in [3.63, 3.8) is 0 Å². The minimum atomic E-state index is -0.370. The first-order chi connectivity index (χ1) is 5.77. The third-order valence-corrected chi connectivity index (χ3v) is 1.76. The summed E-state index contributed by atoms with van der Waals surface area (Å²) in [6.45, 7) is -0.125. The molecule has 1 aliphatic rings. The second kappa shape index (κ2) is 4.79. The molecule has 1 unspecified atom stereocenters. The number of nitrogens with two attached hydrogens (primary N) is 1. The lowest BCUT2D eigenvalue weighted by atomic mass is 9.96. The molecular weight excluding hydrogens is 161 g/mol. The molecule has 0 aromatic carbocycles. The van der Waals surface area contributed by atoms with E-state index in [-0.39, 0.29) is 31.6 Å². The topological polar surface area (TPSA) is 73.9 Å². The molecule has 6 heteroatoms. The second-order valence-electron chi connectivity index (χ2n) is 2.62. The van der Waals surface area contributed by atoms with Gasteiger partial charge in [0.25, 0.3) is 0 Å². The number of hydrogen-bond donors (Lipinski definition) is 2. The molecule has 0 aromatic rings. The van der Waals surface area contributed by atoms with Crippen molar-refractivity contribution >= 4 is 7.85 Å². The lowest BCUT2D eigenvalue weighted by Gasteiger charge is -2.15. The van der Waals surface area contributed by atoms with Crippen LogP contribution in [0.2, 0.25) is 0 Å². The molecule has 0 amide bonds. The molecular formula is C6H12BNO4. The molecule has 0 aromatic heterocycles. The highest BCUT2D eigenvalue weighted by atomic mass is 16.7. The monoisotopic (exact) mass is 173 g/mol. The molecule has 5 nitrogen and oxygen atoms in total. The zero-order valence-corrected chi connectivity index (χ0v) is 6.68. The number of rotatable bonds is 4. The lowest BCUT2D eigenvalue weighted by molar-refractivity contribution is -0.116. The highest BCUT2D eigenvalue weighted by molar-refractivity contribution is 6.11. The van der Waals surface area contributed by atoms with Crippen LogP contribution >= 0.6 is 0 Å². The lowest BCUT2D eigenvalue weighted by Crippen LogP contribution is -2.29. The zero-order chi connectivity index (χ0) is 8.97. The van der Waals surface area contributed by atoms with E-state index in [9.17, 15) is 0 Å². The van der Waals surface area contributed by atoms with Gasteiger partial charge in [0.15, 0.2) is 6.79 Å². The van der Waals surface area contributed by atoms with E-state index in [1.54, 1.807) is 0 Å². The molecule has 1 saturated heterocycles. The maximum atomic E-state index is 8.82. The van der Waals surface area contributed by atoms with Crippen LogP contribution in [0.1, 0.15) is 6.42 Å². The maximum Gasteiger partial charge on any atom is 0.167 e. The van der Waals surface area contributed by atoms with Crippen molar-refractivity contribution in [3.8, 4) is 0 Å². The summed E-state index contributed by atoms with van der Waals surface area (Å²) in [6.07, 6.45) is -0.0436. The van der Waals surface area contributed by atoms with Crippen LogP contribution in [0.4, 0.5) is 0 Å². The van der Waals surface area contributed by atoms with Crippen molar-refractivity contribution in [1.82, 2.24) is 0 Å². The molecule has 1 heterocycles. The van der Waals surface area contributed by atoms with Gasteiger partial charge < -0.3 is 14.6 Å². The Labute approximate surface area is 72.1 Å². The summed E-state index contributed by atoms with van der Waals surface area (Å²) in [5.74, 6) is 4.77. The molecule has 1 aliphatic heterocycles. The van der Waals surface area contributed by atoms with Gasteiger partial charge in [0.05, 0.1) is 12.7 Å². The van der Waals surface area contributed by atoms with E-state index in [0.29, 0.717) is 6.42 Å². The molecule has 0 aliphatic carbocycles. The molecule has 2 radical (unpaired) electrons. The SMILES string of the molecule is [B][C@H]1CC(OCON)[C@@H](CO)O1. The van der Waals surface area contributed by atoms with Crippen LogP contribution < -0.4 is 5.90 Å². The van der Waals surface area contributed by atoms with Gasteiger partial charge in [0, 0.05) is 6.00 Å². The van der Waals surface area contributed by atoms with E-state index in [1.165, 1.54) is 0 Å². The minimum absolute atomic E-state index is 0.0166. The highest BCUT2D eigenvalue weighted by Crippen LogP contribution is 2.20. The quantitative estimate of drug-likeness (QED) is 0.307. The average molecular weight is 173 g/mol. The van der Waals surface area contributed by atoms with Gasteiger partial charge in [-0.3, -0.25) is 4.84 Å². The Hall–Kier alpha value is -0.135. The van der Waals surface area contributed by atoms with Crippen molar-refractivity contribution in [2.75, 3.05) is 13.4 Å². The molecule has 0 bridgehead atoms. The van der Waals surface area contributed by atoms with Crippen LogP contribution in [0, 0.1) is 0 Å². The Bertz CT molecular complexity index is 137. The Morgan fingerprint density at radius 2 is 2.42 bits per heavy atom. The highest BCUT2D eigenvalue weighted by Gasteiger charge is 2.32. The van der Waals surface area contributed by atoms with Gasteiger partial charge in [-0.1, -0.05) is 0 Å². The predicted molar refractivity (Wildman–Crippen MR) is 41.1 cm³/mol. The summed E-state index contributed by atoms with van der Waals surface area (Å²) >= 11 is 0. The summed E-state index contributed by atoms with van der Waals surface area (Å²) in [6, 6.07) is -0.370. The van der Waals surface area contributed by atoms with Gasteiger partial charge in [0.2, 0.25) is 0 Å². The molecule has 12 heavy (non-hydrogen) atoms. The van der Waals surface area contributed by atoms with Crippen LogP contribution in [-0.4, -0.2) is 44.6 Å². The largest absolute Gasteiger partial charge is 0.394 e. The van der Waals surface area contributed by atoms with Crippen molar-refractivity contribution in [2.45, 2.75) is 24.6 Å². The summed E-state index contributed by atoms with van der Waals surface area (Å²) in [7, 11) is 5.48. The Kier molecular flexibility index (Phi) is 3.97. The van der Waals surface area contributed by atoms with Gasteiger partial charge in [0.1, 0.15) is 14.0 Å². The third-order valence-electron chi connectivity index (χ3n) is 1.76. The molecule has 3 N–H and O–H groups in total. The second-order valence-corrected chi connectivity index (χ2v) is 2.62. The summed E-state index contributed by atoms with van der Waals surface area (Å²) in [5.41, 5.74) is 0. The van der Waals surface area contributed by atoms with Gasteiger partial charge in [-0.15, -0.1) is 0 Å². The Balaban J connectivity index is 2.30. The van der Waals surface area contributed by atoms with Crippen molar-refractivity contribution in [3.05, 3.63) is 0 Å². The number of ether oxygens (including phenoxy) is 2. The molecule has 3 atom stereocenters. The van der Waals surface area contributed by atoms with Gasteiger partial charge in [-0.25, -0.2) is 5.90 Å². The van der Waals surface area contributed by atoms with E-state index in [4.69, 9.17) is 28.3 Å². The molecule has 1 rings (SSSR count). The molecule has 0 saturated carbocycles. The number of aliphatic hydroxyl groups is 1. The molecule has 68 valence electrons. The number of hydrogen-bond acceptors (Lipinski definition) is 5. The minimum Gasteiger partial charge on any atom is -0.394 e. The van der Waals surface area contributed by atoms with Crippen LogP contribution in [0.25, 0.3) is 0 Å². The Morgan fingerprint density at radius 3 is 3.00 bits per heavy atom. The smallest absolute Gasteiger partial charge is 0.167 e. The van der Waals surface area contributed by atoms with Crippen LogP contribution in [-0.2, 0) is 14.3 Å². The summed E-state index contributed by atoms with van der Waals surface area (Å²) in [5, 5.41) is 8.82. The van der Waals surface area contributed by atoms with E-state index >= 15 is 0 Å². The fourth-order valence-electron chi connectivity index (χ4n) is 1.21. The molecule has 1 fully saturated rings. The van der Waals surface area contributed by atoms with Gasteiger partial charge in [-0.2, -0.15) is 0 Å². The van der Waals surface area contributed by atoms with Crippen LogP contribution in [0.3, 0.4) is 0 Å². The van der Waals surface area contributed by atoms with E-state index in [1.807, 2.05) is 0 Å². The standard InChI is InChI=1S/C6H12BNO4/c7-6-1-4(10-3-11-8)5(2-9)12-6/h4-6,9H,1-3,8H2/t4?,5-,6-/m1/s1. The van der Waals surface area contributed by atoms with Crippen LogP contribution in [0.15, 0.2) is 0 Å². The summed E-state index contributed by atoms with van der Waals surface area (Å²) in [4.78, 5) is 4.23. The summed E-state index contributed by atoms with van der Waals surface area (Å²) < 4.78 is 10.2. The van der Waals surface area contributed by atoms with E-state index in [2.05, 4.69) is 4.84 Å². The third kappa shape index (κ3) is 2.43. The van der Waals surface area contributed by atoms with Crippen LogP contribution in [0.5, 0.6) is 0 Å².